The van der Waals surface area contributed by atoms with Crippen LogP contribution in [0.3, 0.4) is 0 Å². The van der Waals surface area contributed by atoms with Crippen LogP contribution in [0.15, 0.2) is 59.5 Å². The maximum atomic E-state index is 12.4. The molecule has 2 aromatic carbocycles. The summed E-state index contributed by atoms with van der Waals surface area (Å²) in [7, 11) is 1.57. The summed E-state index contributed by atoms with van der Waals surface area (Å²) in [5.74, 6) is -0.0117. The number of nitrogens with zero attached hydrogens (tertiary/aromatic N) is 1. The Balaban J connectivity index is 1.75. The normalized spacial score (nSPS) is 15.7. The number of imide groups is 1. The van der Waals surface area contributed by atoms with Crippen molar-refractivity contribution in [3.63, 3.8) is 0 Å². The van der Waals surface area contributed by atoms with Gasteiger partial charge in [0, 0.05) is 5.56 Å². The molecule has 3 rings (SSSR count). The first-order valence-electron chi connectivity index (χ1n) is 7.56. The predicted octanol–water partition coefficient (Wildman–Crippen LogP) is 3.61. The SMILES string of the molecule is COc1ccc(/C=C2/SC(=O)N(CC(=O)c3ccccc3)C2=O)cc1. The van der Waals surface area contributed by atoms with Gasteiger partial charge in [-0.05, 0) is 35.5 Å². The fraction of sp³-hybridized carbons (Fsp3) is 0.105. The monoisotopic (exact) mass is 353 g/mol. The maximum Gasteiger partial charge on any atom is 0.293 e. The Kier molecular flexibility index (Phi) is 5.00. The van der Waals surface area contributed by atoms with Gasteiger partial charge in [-0.15, -0.1) is 0 Å². The molecule has 0 bridgehead atoms. The number of hydrogen-bond acceptors (Lipinski definition) is 5. The van der Waals surface area contributed by atoms with Crippen LogP contribution in [0, 0.1) is 0 Å². The Labute approximate surface area is 149 Å². The summed E-state index contributed by atoms with van der Waals surface area (Å²) >= 11 is 0.839. The Morgan fingerprint density at radius 1 is 1.08 bits per heavy atom. The zero-order chi connectivity index (χ0) is 17.8. The van der Waals surface area contributed by atoms with Gasteiger partial charge in [-0.25, -0.2) is 0 Å². The molecule has 1 saturated heterocycles. The lowest BCUT2D eigenvalue weighted by Gasteiger charge is -2.11. The van der Waals surface area contributed by atoms with Gasteiger partial charge in [-0.3, -0.25) is 19.3 Å². The molecule has 1 aliphatic rings. The third-order valence-corrected chi connectivity index (χ3v) is 4.59. The zero-order valence-corrected chi connectivity index (χ0v) is 14.3. The number of ether oxygens (including phenoxy) is 1. The number of benzene rings is 2. The number of amides is 2. The minimum atomic E-state index is -0.449. The van der Waals surface area contributed by atoms with E-state index in [1.807, 2.05) is 0 Å². The van der Waals surface area contributed by atoms with Crippen molar-refractivity contribution in [2.45, 2.75) is 0 Å². The summed E-state index contributed by atoms with van der Waals surface area (Å²) < 4.78 is 5.09. The molecule has 0 unspecified atom stereocenters. The highest BCUT2D eigenvalue weighted by Crippen LogP contribution is 2.32. The van der Waals surface area contributed by atoms with Gasteiger partial charge in [0.25, 0.3) is 11.1 Å². The lowest BCUT2D eigenvalue weighted by molar-refractivity contribution is -0.122. The van der Waals surface area contributed by atoms with Gasteiger partial charge in [0.1, 0.15) is 5.75 Å². The van der Waals surface area contributed by atoms with Crippen molar-refractivity contribution in [2.75, 3.05) is 13.7 Å². The summed E-state index contributed by atoms with van der Waals surface area (Å²) in [5, 5.41) is -0.436. The predicted molar refractivity (Wildman–Crippen MR) is 96.4 cm³/mol. The van der Waals surface area contributed by atoms with E-state index in [0.29, 0.717) is 16.2 Å². The zero-order valence-electron chi connectivity index (χ0n) is 13.5. The van der Waals surface area contributed by atoms with E-state index in [1.54, 1.807) is 67.8 Å². The number of rotatable bonds is 5. The van der Waals surface area contributed by atoms with Crippen LogP contribution in [0.25, 0.3) is 6.08 Å². The van der Waals surface area contributed by atoms with Crippen molar-refractivity contribution in [3.05, 3.63) is 70.6 Å². The van der Waals surface area contributed by atoms with E-state index >= 15 is 0 Å². The van der Waals surface area contributed by atoms with E-state index in [-0.39, 0.29) is 12.3 Å². The fourth-order valence-corrected chi connectivity index (χ4v) is 3.19. The second kappa shape index (κ2) is 7.36. The van der Waals surface area contributed by atoms with Gasteiger partial charge >= 0.3 is 0 Å². The first-order chi connectivity index (χ1) is 12.1. The summed E-state index contributed by atoms with van der Waals surface area (Å²) in [5.41, 5.74) is 1.25. The average molecular weight is 353 g/mol. The van der Waals surface area contributed by atoms with Crippen LogP contribution in [-0.4, -0.2) is 35.5 Å². The molecule has 0 aromatic heterocycles. The molecule has 6 heteroatoms. The standard InChI is InChI=1S/C19H15NO4S/c1-24-15-9-7-13(8-10-15)11-17-18(22)20(19(23)25-17)12-16(21)14-5-3-2-4-6-14/h2-11H,12H2,1H3/b17-11+. The summed E-state index contributed by atoms with van der Waals surface area (Å²) in [4.78, 5) is 38.1. The Hall–Kier alpha value is -2.86. The lowest BCUT2D eigenvalue weighted by Crippen LogP contribution is -2.33. The number of Topliss-reactive ketones (excluding diaryl/α,β-unsaturated/α-hetero) is 1. The van der Waals surface area contributed by atoms with Crippen LogP contribution in [0.1, 0.15) is 15.9 Å². The molecule has 0 saturated carbocycles. The highest BCUT2D eigenvalue weighted by molar-refractivity contribution is 8.18. The molecule has 5 nitrogen and oxygen atoms in total. The Bertz CT molecular complexity index is 843. The minimum Gasteiger partial charge on any atom is -0.497 e. The molecular weight excluding hydrogens is 338 g/mol. The summed E-state index contributed by atoms with van der Waals surface area (Å²) in [6.45, 7) is -0.255. The van der Waals surface area contributed by atoms with E-state index in [1.165, 1.54) is 0 Å². The van der Waals surface area contributed by atoms with Gasteiger partial charge in [0.15, 0.2) is 5.78 Å². The molecule has 0 atom stereocenters. The van der Waals surface area contributed by atoms with Crippen molar-refractivity contribution >= 4 is 34.8 Å². The van der Waals surface area contributed by atoms with Crippen LogP contribution < -0.4 is 4.74 Å². The molecule has 0 aliphatic carbocycles. The molecule has 126 valence electrons. The first-order valence-corrected chi connectivity index (χ1v) is 8.38. The molecule has 1 fully saturated rings. The van der Waals surface area contributed by atoms with Crippen LogP contribution in [-0.2, 0) is 4.79 Å². The second-order valence-corrected chi connectivity index (χ2v) is 6.32. The van der Waals surface area contributed by atoms with Gasteiger partial charge in [-0.2, -0.15) is 0 Å². The molecule has 1 heterocycles. The quantitative estimate of drug-likeness (QED) is 0.607. The molecule has 1 aliphatic heterocycles. The van der Waals surface area contributed by atoms with E-state index in [2.05, 4.69) is 0 Å². The highest BCUT2D eigenvalue weighted by Gasteiger charge is 2.36. The molecule has 2 aromatic rings. The first kappa shape index (κ1) is 17.0. The van der Waals surface area contributed by atoms with Gasteiger partial charge in [-0.1, -0.05) is 42.5 Å². The fourth-order valence-electron chi connectivity index (χ4n) is 2.35. The third-order valence-electron chi connectivity index (χ3n) is 3.68. The van der Waals surface area contributed by atoms with E-state index in [0.717, 1.165) is 22.2 Å². The number of methoxy groups -OCH3 is 1. The van der Waals surface area contributed by atoms with Gasteiger partial charge < -0.3 is 4.74 Å². The van der Waals surface area contributed by atoms with Crippen molar-refractivity contribution in [1.29, 1.82) is 0 Å². The van der Waals surface area contributed by atoms with Crippen molar-refractivity contribution in [3.8, 4) is 5.75 Å². The smallest absolute Gasteiger partial charge is 0.293 e. The Morgan fingerprint density at radius 3 is 2.40 bits per heavy atom. The molecule has 0 radical (unpaired) electrons. The van der Waals surface area contributed by atoms with E-state index < -0.39 is 11.1 Å². The van der Waals surface area contributed by atoms with Crippen LogP contribution in [0.5, 0.6) is 5.75 Å². The topological polar surface area (TPSA) is 63.7 Å². The third kappa shape index (κ3) is 3.80. The van der Waals surface area contributed by atoms with Crippen molar-refractivity contribution < 1.29 is 19.1 Å². The number of ketones is 1. The minimum absolute atomic E-state index is 0.255. The molecule has 0 spiro atoms. The van der Waals surface area contributed by atoms with Gasteiger partial charge in [0.05, 0.1) is 18.6 Å². The van der Waals surface area contributed by atoms with Crippen LogP contribution >= 0.6 is 11.8 Å². The highest BCUT2D eigenvalue weighted by atomic mass is 32.2. The van der Waals surface area contributed by atoms with E-state index in [4.69, 9.17) is 4.74 Å². The summed E-state index contributed by atoms with van der Waals surface area (Å²) in [6, 6.07) is 15.7. The Morgan fingerprint density at radius 2 is 1.76 bits per heavy atom. The molecular formula is C19H15NO4S. The van der Waals surface area contributed by atoms with Gasteiger partial charge in [0.2, 0.25) is 0 Å². The average Bonchev–Trinajstić information content (AvgIpc) is 2.90. The van der Waals surface area contributed by atoms with Crippen molar-refractivity contribution in [2.24, 2.45) is 0 Å². The molecule has 0 N–H and O–H groups in total. The number of carbonyl (C=O) groups excluding carboxylic acids is 3. The molecule has 25 heavy (non-hydrogen) atoms. The number of hydrogen-bond donors (Lipinski definition) is 0. The largest absolute Gasteiger partial charge is 0.497 e. The lowest BCUT2D eigenvalue weighted by atomic mass is 10.1. The van der Waals surface area contributed by atoms with Crippen LogP contribution in [0.2, 0.25) is 0 Å². The van der Waals surface area contributed by atoms with Crippen molar-refractivity contribution in [1.82, 2.24) is 4.90 Å². The maximum absolute atomic E-state index is 12.4. The molecule has 2 amide bonds. The van der Waals surface area contributed by atoms with Crippen LogP contribution in [0.4, 0.5) is 4.79 Å². The second-order valence-electron chi connectivity index (χ2n) is 5.33. The number of carbonyl (C=O) groups is 3. The van der Waals surface area contributed by atoms with E-state index in [9.17, 15) is 14.4 Å². The summed E-state index contributed by atoms with van der Waals surface area (Å²) in [6.07, 6.45) is 1.64. The number of thioether (sulfide) groups is 1.